The fraction of sp³-hybridized carbons (Fsp3) is 0.111. The van der Waals surface area contributed by atoms with Crippen LogP contribution in [0.1, 0.15) is 5.56 Å². The molecular weight excluding hydrogens is 303 g/mol. The molecule has 0 aliphatic rings. The molecule has 0 saturated heterocycles. The fourth-order valence-corrected chi connectivity index (χ4v) is 0.713. The van der Waals surface area contributed by atoms with Crippen molar-refractivity contribution < 1.29 is 21.1 Å². The van der Waals surface area contributed by atoms with Crippen LogP contribution in [-0.2, 0) is 27.5 Å². The maximum atomic E-state index is 3.64. The van der Waals surface area contributed by atoms with E-state index in [1.807, 2.05) is 30.3 Å². The SMILES string of the molecule is C=CCc1[c-]cccc1.[Pt]. The van der Waals surface area contributed by atoms with Crippen molar-refractivity contribution in [3.05, 3.63) is 48.6 Å². The molecule has 1 aromatic rings. The van der Waals surface area contributed by atoms with E-state index in [1.54, 1.807) is 0 Å². The van der Waals surface area contributed by atoms with Crippen LogP contribution in [0, 0.1) is 6.07 Å². The van der Waals surface area contributed by atoms with Crippen molar-refractivity contribution in [2.75, 3.05) is 0 Å². The van der Waals surface area contributed by atoms with Crippen LogP contribution in [0.2, 0.25) is 0 Å². The molecule has 0 nitrogen and oxygen atoms in total. The topological polar surface area (TPSA) is 0 Å². The molecule has 0 atom stereocenters. The predicted molar refractivity (Wildman–Crippen MR) is 39.2 cm³/mol. The fourth-order valence-electron chi connectivity index (χ4n) is 0.713. The standard InChI is InChI=1S/C9H9.Pt/c1-2-6-9-7-4-3-5-8-9;/h2-5,7H,1,6H2;/q-1;. The van der Waals surface area contributed by atoms with Gasteiger partial charge in [0.25, 0.3) is 0 Å². The van der Waals surface area contributed by atoms with Crippen molar-refractivity contribution in [1.29, 1.82) is 0 Å². The van der Waals surface area contributed by atoms with Crippen molar-refractivity contribution in [3.63, 3.8) is 0 Å². The Labute approximate surface area is 76.2 Å². The van der Waals surface area contributed by atoms with E-state index in [0.717, 1.165) is 6.42 Å². The molecule has 1 heteroatoms. The Morgan fingerprint density at radius 1 is 1.50 bits per heavy atom. The van der Waals surface area contributed by atoms with E-state index in [1.165, 1.54) is 5.56 Å². The van der Waals surface area contributed by atoms with Crippen LogP contribution in [0.4, 0.5) is 0 Å². The number of rotatable bonds is 2. The molecule has 0 aliphatic heterocycles. The molecule has 0 aromatic heterocycles. The van der Waals surface area contributed by atoms with Gasteiger partial charge in [-0.2, -0.15) is 35.9 Å². The van der Waals surface area contributed by atoms with E-state index in [-0.39, 0.29) is 21.1 Å². The summed E-state index contributed by atoms with van der Waals surface area (Å²) in [5, 5.41) is 0. The van der Waals surface area contributed by atoms with Gasteiger partial charge in [-0.25, -0.2) is 0 Å². The molecule has 0 unspecified atom stereocenters. The number of allylic oxidation sites excluding steroid dienone is 1. The van der Waals surface area contributed by atoms with Crippen LogP contribution < -0.4 is 0 Å². The Balaban J connectivity index is 0.000000810. The molecule has 0 heterocycles. The van der Waals surface area contributed by atoms with Crippen molar-refractivity contribution in [2.45, 2.75) is 6.42 Å². The van der Waals surface area contributed by atoms with Crippen LogP contribution in [0.3, 0.4) is 0 Å². The van der Waals surface area contributed by atoms with Crippen LogP contribution in [0.5, 0.6) is 0 Å². The largest absolute Gasteiger partial charge is 0.180 e. The minimum atomic E-state index is 0. The molecule has 1 rings (SSSR count). The van der Waals surface area contributed by atoms with Gasteiger partial charge in [-0.15, -0.1) is 6.58 Å². The predicted octanol–water partition coefficient (Wildman–Crippen LogP) is 2.21. The quantitative estimate of drug-likeness (QED) is 0.580. The van der Waals surface area contributed by atoms with Gasteiger partial charge in [0.2, 0.25) is 0 Å². The van der Waals surface area contributed by atoms with Crippen molar-refractivity contribution in [1.82, 2.24) is 0 Å². The number of hydrogen-bond acceptors (Lipinski definition) is 0. The third-order valence-corrected chi connectivity index (χ3v) is 1.14. The monoisotopic (exact) mass is 312 g/mol. The maximum Gasteiger partial charge on any atom is 0 e. The molecule has 0 saturated carbocycles. The number of benzene rings is 1. The van der Waals surface area contributed by atoms with Crippen LogP contribution >= 0.6 is 0 Å². The average Bonchev–Trinajstić information content (AvgIpc) is 1.91. The Bertz CT molecular complexity index is 179. The second kappa shape index (κ2) is 5.43. The molecule has 0 amide bonds. The van der Waals surface area contributed by atoms with Crippen molar-refractivity contribution in [2.24, 2.45) is 0 Å². The number of hydrogen-bond donors (Lipinski definition) is 0. The van der Waals surface area contributed by atoms with Gasteiger partial charge in [-0.1, -0.05) is 6.08 Å². The maximum absolute atomic E-state index is 3.64. The molecule has 1 aromatic carbocycles. The molecule has 0 aliphatic carbocycles. The molecule has 0 N–H and O–H groups in total. The molecular formula is C9H9Pt-. The minimum Gasteiger partial charge on any atom is -0.180 e. The van der Waals surface area contributed by atoms with E-state index in [9.17, 15) is 0 Å². The summed E-state index contributed by atoms with van der Waals surface area (Å²) in [7, 11) is 0. The third kappa shape index (κ3) is 2.98. The Morgan fingerprint density at radius 3 is 2.80 bits per heavy atom. The normalized spacial score (nSPS) is 8.00. The first-order chi connectivity index (χ1) is 4.43. The van der Waals surface area contributed by atoms with E-state index in [2.05, 4.69) is 12.6 Å². The molecule has 10 heavy (non-hydrogen) atoms. The molecule has 0 spiro atoms. The van der Waals surface area contributed by atoms with E-state index in [0.29, 0.717) is 0 Å². The molecule has 0 fully saturated rings. The first-order valence-corrected chi connectivity index (χ1v) is 3.00. The summed E-state index contributed by atoms with van der Waals surface area (Å²) in [4.78, 5) is 0. The van der Waals surface area contributed by atoms with E-state index < -0.39 is 0 Å². The summed E-state index contributed by atoms with van der Waals surface area (Å²) >= 11 is 0. The van der Waals surface area contributed by atoms with Gasteiger partial charge in [-0.3, -0.25) is 0 Å². The summed E-state index contributed by atoms with van der Waals surface area (Å²) in [6.07, 6.45) is 2.80. The van der Waals surface area contributed by atoms with E-state index >= 15 is 0 Å². The summed E-state index contributed by atoms with van der Waals surface area (Å²) in [5.74, 6) is 0. The third-order valence-electron chi connectivity index (χ3n) is 1.14. The van der Waals surface area contributed by atoms with Crippen LogP contribution in [0.15, 0.2) is 36.9 Å². The van der Waals surface area contributed by atoms with Gasteiger partial charge in [0.05, 0.1) is 0 Å². The molecule has 0 bridgehead atoms. The average molecular weight is 312 g/mol. The van der Waals surface area contributed by atoms with E-state index in [4.69, 9.17) is 0 Å². The van der Waals surface area contributed by atoms with Gasteiger partial charge >= 0.3 is 0 Å². The first kappa shape index (κ1) is 9.65. The molecule has 0 radical (unpaired) electrons. The Hall–Kier alpha value is -0.352. The van der Waals surface area contributed by atoms with Gasteiger partial charge < -0.3 is 0 Å². The minimum absolute atomic E-state index is 0. The summed E-state index contributed by atoms with van der Waals surface area (Å²) in [6, 6.07) is 11.0. The van der Waals surface area contributed by atoms with Gasteiger partial charge in [0.15, 0.2) is 0 Å². The van der Waals surface area contributed by atoms with Crippen molar-refractivity contribution >= 4 is 0 Å². The van der Waals surface area contributed by atoms with Gasteiger partial charge in [-0.05, 0) is 6.42 Å². The molecule has 56 valence electrons. The Morgan fingerprint density at radius 2 is 2.30 bits per heavy atom. The van der Waals surface area contributed by atoms with Gasteiger partial charge in [0.1, 0.15) is 0 Å². The zero-order valence-corrected chi connectivity index (χ0v) is 7.89. The summed E-state index contributed by atoms with van der Waals surface area (Å²) in [5.41, 5.74) is 1.20. The second-order valence-electron chi connectivity index (χ2n) is 1.88. The smallest absolute Gasteiger partial charge is 0 e. The van der Waals surface area contributed by atoms with Crippen LogP contribution in [-0.4, -0.2) is 0 Å². The van der Waals surface area contributed by atoms with Crippen molar-refractivity contribution in [3.8, 4) is 0 Å². The Kier molecular flexibility index (Phi) is 5.24. The zero-order valence-electron chi connectivity index (χ0n) is 5.62. The first-order valence-electron chi connectivity index (χ1n) is 3.00. The summed E-state index contributed by atoms with van der Waals surface area (Å²) < 4.78 is 0. The second-order valence-corrected chi connectivity index (χ2v) is 1.88. The summed E-state index contributed by atoms with van der Waals surface area (Å²) in [6.45, 7) is 3.64. The zero-order chi connectivity index (χ0) is 6.53. The van der Waals surface area contributed by atoms with Crippen LogP contribution in [0.25, 0.3) is 0 Å². The van der Waals surface area contributed by atoms with Gasteiger partial charge in [0, 0.05) is 21.1 Å².